The Labute approximate surface area is 116 Å². The highest BCUT2D eigenvalue weighted by Crippen LogP contribution is 2.30. The largest absolute Gasteiger partial charge is 0.393 e. The van der Waals surface area contributed by atoms with Crippen LogP contribution in [0.2, 0.25) is 0 Å². The molecule has 2 aliphatic heterocycles. The molecule has 0 bridgehead atoms. The summed E-state index contributed by atoms with van der Waals surface area (Å²) in [5, 5.41) is 10.3. The number of nitrogens with zero attached hydrogens (tertiary/aromatic N) is 1. The van der Waals surface area contributed by atoms with Crippen molar-refractivity contribution >= 4 is 10.0 Å². The zero-order valence-corrected chi connectivity index (χ0v) is 12.6. The van der Waals surface area contributed by atoms with Crippen LogP contribution in [0, 0.1) is 11.8 Å². The van der Waals surface area contributed by atoms with Gasteiger partial charge in [0.15, 0.2) is 0 Å². The molecule has 2 fully saturated rings. The van der Waals surface area contributed by atoms with Gasteiger partial charge in [-0.15, -0.1) is 0 Å². The zero-order chi connectivity index (χ0) is 14.0. The molecule has 4 atom stereocenters. The smallest absolute Gasteiger partial charge is 0.211 e. The number of hydrogen-bond donors (Lipinski definition) is 1. The highest BCUT2D eigenvalue weighted by atomic mass is 32.2. The molecule has 0 amide bonds. The third-order valence-corrected chi connectivity index (χ3v) is 5.72. The van der Waals surface area contributed by atoms with Crippen LogP contribution in [-0.4, -0.2) is 56.0 Å². The molecule has 0 aromatic heterocycles. The van der Waals surface area contributed by atoms with Gasteiger partial charge in [0.2, 0.25) is 10.0 Å². The van der Waals surface area contributed by atoms with Gasteiger partial charge in [-0.1, -0.05) is 0 Å². The number of rotatable bonds is 4. The van der Waals surface area contributed by atoms with Gasteiger partial charge in [-0.3, -0.25) is 0 Å². The number of aliphatic hydroxyl groups is 1. The summed E-state index contributed by atoms with van der Waals surface area (Å²) >= 11 is 0. The summed E-state index contributed by atoms with van der Waals surface area (Å²) < 4.78 is 30.2. The van der Waals surface area contributed by atoms with E-state index in [1.807, 2.05) is 6.92 Å². The number of hydrogen-bond acceptors (Lipinski definition) is 4. The lowest BCUT2D eigenvalue weighted by Gasteiger charge is -2.33. The second kappa shape index (κ2) is 6.08. The summed E-state index contributed by atoms with van der Waals surface area (Å²) in [7, 11) is -3.10. The fraction of sp³-hybridized carbons (Fsp3) is 1.00. The predicted molar refractivity (Wildman–Crippen MR) is 73.3 cm³/mol. The maximum atomic E-state index is 11.6. The van der Waals surface area contributed by atoms with Gasteiger partial charge >= 0.3 is 0 Å². The van der Waals surface area contributed by atoms with Gasteiger partial charge in [-0.2, -0.15) is 0 Å². The van der Waals surface area contributed by atoms with E-state index in [1.165, 1.54) is 6.26 Å². The molecule has 2 heterocycles. The molecular weight excluding hydrogens is 266 g/mol. The SMILES string of the molecule is CC1OCCC1C(O)CC1CCCN(S(C)(=O)=O)C1. The van der Waals surface area contributed by atoms with Crippen molar-refractivity contribution in [1.82, 2.24) is 4.31 Å². The fourth-order valence-corrected chi connectivity index (χ4v) is 4.23. The van der Waals surface area contributed by atoms with Crippen LogP contribution >= 0.6 is 0 Å². The number of ether oxygens (including phenoxy) is 1. The van der Waals surface area contributed by atoms with Crippen molar-refractivity contribution in [3.63, 3.8) is 0 Å². The summed E-state index contributed by atoms with van der Waals surface area (Å²) in [6, 6.07) is 0. The first kappa shape index (κ1) is 15.2. The molecular formula is C13H25NO4S. The van der Waals surface area contributed by atoms with Crippen molar-refractivity contribution in [3.05, 3.63) is 0 Å². The molecule has 1 N–H and O–H groups in total. The average Bonchev–Trinajstić information content (AvgIpc) is 2.75. The first-order valence-electron chi connectivity index (χ1n) is 7.12. The van der Waals surface area contributed by atoms with E-state index in [4.69, 9.17) is 4.74 Å². The molecule has 0 radical (unpaired) electrons. The molecule has 0 spiro atoms. The molecule has 4 unspecified atom stereocenters. The first-order valence-corrected chi connectivity index (χ1v) is 8.97. The quantitative estimate of drug-likeness (QED) is 0.833. The second-order valence-electron chi connectivity index (χ2n) is 5.96. The third kappa shape index (κ3) is 3.90. The van der Waals surface area contributed by atoms with Crippen molar-refractivity contribution in [2.45, 2.75) is 44.8 Å². The standard InChI is InChI=1S/C13H25NO4S/c1-10-12(5-7-18-10)13(15)8-11-4-3-6-14(9-11)19(2,16)17/h10-13,15H,3-9H2,1-2H3. The van der Waals surface area contributed by atoms with E-state index in [0.717, 1.165) is 25.9 Å². The van der Waals surface area contributed by atoms with Crippen molar-refractivity contribution in [1.29, 1.82) is 0 Å². The average molecular weight is 291 g/mol. The van der Waals surface area contributed by atoms with E-state index in [9.17, 15) is 13.5 Å². The van der Waals surface area contributed by atoms with Crippen LogP contribution in [0.3, 0.4) is 0 Å². The maximum absolute atomic E-state index is 11.6. The Balaban J connectivity index is 1.88. The first-order chi connectivity index (χ1) is 8.88. The maximum Gasteiger partial charge on any atom is 0.211 e. The number of piperidine rings is 1. The minimum atomic E-state index is -3.10. The Hall–Kier alpha value is -0.170. The van der Waals surface area contributed by atoms with Crippen LogP contribution in [0.25, 0.3) is 0 Å². The number of aliphatic hydroxyl groups excluding tert-OH is 1. The van der Waals surface area contributed by atoms with Gasteiger partial charge in [-0.25, -0.2) is 12.7 Å². The Morgan fingerprint density at radius 3 is 2.74 bits per heavy atom. The summed E-state index contributed by atoms with van der Waals surface area (Å²) in [5.41, 5.74) is 0. The molecule has 2 aliphatic rings. The van der Waals surface area contributed by atoms with Gasteiger partial charge in [0, 0.05) is 25.6 Å². The molecule has 0 aromatic rings. The second-order valence-corrected chi connectivity index (χ2v) is 7.94. The van der Waals surface area contributed by atoms with Gasteiger partial charge in [0.05, 0.1) is 18.5 Å². The monoisotopic (exact) mass is 291 g/mol. The summed E-state index contributed by atoms with van der Waals surface area (Å²) in [6.45, 7) is 3.90. The van der Waals surface area contributed by atoms with Crippen LogP contribution in [0.15, 0.2) is 0 Å². The normalized spacial score (nSPS) is 35.4. The summed E-state index contributed by atoms with van der Waals surface area (Å²) in [6.07, 6.45) is 4.49. The minimum absolute atomic E-state index is 0.115. The van der Waals surface area contributed by atoms with Crippen LogP contribution in [0.5, 0.6) is 0 Å². The topological polar surface area (TPSA) is 66.8 Å². The predicted octanol–water partition coefficient (Wildman–Crippen LogP) is 0.834. The highest BCUT2D eigenvalue weighted by molar-refractivity contribution is 7.88. The lowest BCUT2D eigenvalue weighted by molar-refractivity contribution is 0.0262. The van der Waals surface area contributed by atoms with Crippen molar-refractivity contribution in [2.24, 2.45) is 11.8 Å². The molecule has 6 heteroatoms. The third-order valence-electron chi connectivity index (χ3n) is 4.45. The molecule has 19 heavy (non-hydrogen) atoms. The molecule has 112 valence electrons. The molecule has 2 saturated heterocycles. The van der Waals surface area contributed by atoms with Crippen molar-refractivity contribution in [2.75, 3.05) is 26.0 Å². The molecule has 0 aliphatic carbocycles. The minimum Gasteiger partial charge on any atom is -0.393 e. The van der Waals surface area contributed by atoms with Gasteiger partial charge in [0.1, 0.15) is 0 Å². The Bertz CT molecular complexity index is 397. The fourth-order valence-electron chi connectivity index (χ4n) is 3.29. The van der Waals surface area contributed by atoms with Crippen molar-refractivity contribution < 1.29 is 18.3 Å². The number of sulfonamides is 1. The van der Waals surface area contributed by atoms with E-state index in [1.54, 1.807) is 4.31 Å². The van der Waals surface area contributed by atoms with Crippen LogP contribution in [-0.2, 0) is 14.8 Å². The highest BCUT2D eigenvalue weighted by Gasteiger charge is 2.34. The van der Waals surface area contributed by atoms with E-state index in [-0.39, 0.29) is 24.0 Å². The van der Waals surface area contributed by atoms with Crippen molar-refractivity contribution in [3.8, 4) is 0 Å². The Morgan fingerprint density at radius 2 is 2.16 bits per heavy atom. The molecule has 0 aromatic carbocycles. The lowest BCUT2D eigenvalue weighted by Crippen LogP contribution is -2.41. The Morgan fingerprint density at radius 1 is 1.42 bits per heavy atom. The molecule has 5 nitrogen and oxygen atoms in total. The van der Waals surface area contributed by atoms with Crippen LogP contribution in [0.4, 0.5) is 0 Å². The zero-order valence-electron chi connectivity index (χ0n) is 11.8. The van der Waals surface area contributed by atoms with Gasteiger partial charge in [-0.05, 0) is 38.5 Å². The molecule has 2 rings (SSSR count). The Kier molecular flexibility index (Phi) is 4.87. The van der Waals surface area contributed by atoms with Gasteiger partial charge < -0.3 is 9.84 Å². The summed E-state index contributed by atoms with van der Waals surface area (Å²) in [5.74, 6) is 0.472. The van der Waals surface area contributed by atoms with E-state index >= 15 is 0 Å². The van der Waals surface area contributed by atoms with E-state index in [0.29, 0.717) is 19.5 Å². The van der Waals surface area contributed by atoms with Crippen LogP contribution in [0.1, 0.15) is 32.6 Å². The van der Waals surface area contributed by atoms with Crippen LogP contribution < -0.4 is 0 Å². The van der Waals surface area contributed by atoms with Gasteiger partial charge in [0.25, 0.3) is 0 Å². The lowest BCUT2D eigenvalue weighted by atomic mass is 9.86. The van der Waals surface area contributed by atoms with E-state index < -0.39 is 10.0 Å². The summed E-state index contributed by atoms with van der Waals surface area (Å²) in [4.78, 5) is 0. The molecule has 0 saturated carbocycles. The van der Waals surface area contributed by atoms with E-state index in [2.05, 4.69) is 0 Å².